The molecule has 0 radical (unpaired) electrons. The number of oxazole rings is 1. The molecule has 8 nitrogen and oxygen atoms in total. The molecular weight excluding hydrogens is 509 g/mol. The highest BCUT2D eigenvalue weighted by Gasteiger charge is 2.24. The minimum atomic E-state index is -0.226. The van der Waals surface area contributed by atoms with Gasteiger partial charge in [0.05, 0.1) is 12.3 Å². The fraction of sp³-hybridized carbons (Fsp3) is 0.500. The summed E-state index contributed by atoms with van der Waals surface area (Å²) in [6.07, 6.45) is 3.94. The van der Waals surface area contributed by atoms with Crippen molar-refractivity contribution in [3.05, 3.63) is 41.8 Å². The molecule has 1 aromatic carbocycles. The number of ether oxygens (including phenoxy) is 1. The van der Waals surface area contributed by atoms with Crippen LogP contribution in [0.1, 0.15) is 31.0 Å². The van der Waals surface area contributed by atoms with Crippen molar-refractivity contribution in [2.75, 3.05) is 33.3 Å². The zero-order chi connectivity index (χ0) is 21.3. The molecule has 31 heavy (non-hydrogen) atoms. The second kappa shape index (κ2) is 12.5. The fourth-order valence-electron chi connectivity index (χ4n) is 3.37. The van der Waals surface area contributed by atoms with Crippen LogP contribution in [-0.2, 0) is 11.2 Å². The quantitative estimate of drug-likeness (QED) is 0.330. The molecule has 1 aliphatic rings. The van der Waals surface area contributed by atoms with E-state index in [2.05, 4.69) is 27.5 Å². The van der Waals surface area contributed by atoms with Gasteiger partial charge in [0.25, 0.3) is 0 Å². The molecule has 3 rings (SSSR count). The Morgan fingerprint density at radius 2 is 2.00 bits per heavy atom. The fourth-order valence-corrected chi connectivity index (χ4v) is 3.37. The van der Waals surface area contributed by atoms with Gasteiger partial charge in [0.2, 0.25) is 5.89 Å². The van der Waals surface area contributed by atoms with Crippen LogP contribution in [0.5, 0.6) is 0 Å². The Morgan fingerprint density at radius 1 is 1.29 bits per heavy atom. The Morgan fingerprint density at radius 3 is 2.65 bits per heavy atom. The van der Waals surface area contributed by atoms with E-state index < -0.39 is 0 Å². The Hall–Kier alpha value is -2.30. The standard InChI is InChI=1S/C22H31N5O3.HI/c1-4-29-22(28)27-13-10-18(11-14-27)26-21(23-3)24-12-9-19-15-30-20(25-19)17-7-5-16(2)6-8-17;/h5-8,15,18H,4,9-14H2,1-3H3,(H2,23,24,26);1H. The number of nitrogens with zero attached hydrogens (tertiary/aromatic N) is 3. The van der Waals surface area contributed by atoms with Gasteiger partial charge in [-0.05, 0) is 38.8 Å². The Bertz CT molecular complexity index is 845. The predicted molar refractivity (Wildman–Crippen MR) is 132 cm³/mol. The third kappa shape index (κ3) is 7.41. The van der Waals surface area contributed by atoms with Crippen LogP contribution in [-0.4, -0.2) is 61.3 Å². The van der Waals surface area contributed by atoms with Crippen molar-refractivity contribution in [2.24, 2.45) is 4.99 Å². The SMILES string of the molecule is CCOC(=O)N1CCC(NC(=NC)NCCc2coc(-c3ccc(C)cc3)n2)CC1.I. The van der Waals surface area contributed by atoms with E-state index in [9.17, 15) is 4.79 Å². The van der Waals surface area contributed by atoms with Gasteiger partial charge in [0, 0.05) is 44.7 Å². The highest BCUT2D eigenvalue weighted by Crippen LogP contribution is 2.19. The number of likely N-dealkylation sites (tertiary alicyclic amines) is 1. The van der Waals surface area contributed by atoms with Gasteiger partial charge >= 0.3 is 6.09 Å². The number of carbonyl (C=O) groups excluding carboxylic acids is 1. The van der Waals surface area contributed by atoms with Crippen LogP contribution in [0.2, 0.25) is 0 Å². The van der Waals surface area contributed by atoms with Crippen molar-refractivity contribution < 1.29 is 13.9 Å². The van der Waals surface area contributed by atoms with E-state index in [1.54, 1.807) is 18.2 Å². The number of nitrogens with one attached hydrogen (secondary N) is 2. The van der Waals surface area contributed by atoms with E-state index >= 15 is 0 Å². The molecule has 1 fully saturated rings. The smallest absolute Gasteiger partial charge is 0.409 e. The van der Waals surface area contributed by atoms with Crippen LogP contribution in [0, 0.1) is 6.92 Å². The number of guanidine groups is 1. The molecule has 0 bridgehead atoms. The number of carbonyl (C=O) groups is 1. The zero-order valence-corrected chi connectivity index (χ0v) is 20.7. The number of benzene rings is 1. The molecule has 0 aliphatic carbocycles. The third-order valence-electron chi connectivity index (χ3n) is 5.11. The van der Waals surface area contributed by atoms with Crippen molar-refractivity contribution in [1.82, 2.24) is 20.5 Å². The van der Waals surface area contributed by atoms with E-state index in [1.807, 2.05) is 31.2 Å². The Labute approximate surface area is 200 Å². The topological polar surface area (TPSA) is 92.0 Å². The summed E-state index contributed by atoms with van der Waals surface area (Å²) in [5.74, 6) is 1.40. The summed E-state index contributed by atoms with van der Waals surface area (Å²) >= 11 is 0. The molecule has 1 saturated heterocycles. The van der Waals surface area contributed by atoms with Crippen LogP contribution >= 0.6 is 24.0 Å². The summed E-state index contributed by atoms with van der Waals surface area (Å²) < 4.78 is 10.7. The zero-order valence-electron chi connectivity index (χ0n) is 18.4. The molecule has 0 saturated carbocycles. The average Bonchev–Trinajstić information content (AvgIpc) is 3.23. The second-order valence-electron chi connectivity index (χ2n) is 7.36. The van der Waals surface area contributed by atoms with Gasteiger partial charge < -0.3 is 24.7 Å². The summed E-state index contributed by atoms with van der Waals surface area (Å²) in [5.41, 5.74) is 3.09. The van der Waals surface area contributed by atoms with E-state index in [0.29, 0.717) is 32.1 Å². The summed E-state index contributed by atoms with van der Waals surface area (Å²) in [6.45, 7) is 6.36. The molecule has 0 unspecified atom stereocenters. The lowest BCUT2D eigenvalue weighted by atomic mass is 10.1. The number of aromatic nitrogens is 1. The van der Waals surface area contributed by atoms with Gasteiger partial charge in [-0.1, -0.05) is 17.7 Å². The van der Waals surface area contributed by atoms with E-state index in [1.165, 1.54) is 5.56 Å². The monoisotopic (exact) mass is 541 g/mol. The van der Waals surface area contributed by atoms with Crippen molar-refractivity contribution >= 4 is 36.0 Å². The number of halogens is 1. The molecule has 2 N–H and O–H groups in total. The molecule has 9 heteroatoms. The summed E-state index contributed by atoms with van der Waals surface area (Å²) in [7, 11) is 1.76. The molecule has 0 spiro atoms. The maximum Gasteiger partial charge on any atom is 0.409 e. The van der Waals surface area contributed by atoms with Gasteiger partial charge in [0.15, 0.2) is 5.96 Å². The van der Waals surface area contributed by atoms with Gasteiger partial charge in [-0.15, -0.1) is 24.0 Å². The highest BCUT2D eigenvalue weighted by atomic mass is 127. The lowest BCUT2D eigenvalue weighted by Crippen LogP contribution is -2.50. The number of hydrogen-bond acceptors (Lipinski definition) is 5. The van der Waals surface area contributed by atoms with Crippen molar-refractivity contribution in [3.8, 4) is 11.5 Å². The van der Waals surface area contributed by atoms with E-state index in [4.69, 9.17) is 9.15 Å². The molecule has 1 amide bonds. The minimum absolute atomic E-state index is 0. The van der Waals surface area contributed by atoms with Gasteiger partial charge in [-0.25, -0.2) is 9.78 Å². The Balaban J connectivity index is 0.00000341. The normalized spacial score (nSPS) is 14.7. The maximum atomic E-state index is 11.8. The lowest BCUT2D eigenvalue weighted by Gasteiger charge is -2.32. The number of piperidine rings is 1. The lowest BCUT2D eigenvalue weighted by molar-refractivity contribution is 0.0963. The molecule has 2 aromatic rings. The third-order valence-corrected chi connectivity index (χ3v) is 5.11. The Kier molecular flexibility index (Phi) is 10.1. The molecule has 0 atom stereocenters. The summed E-state index contributed by atoms with van der Waals surface area (Å²) in [6, 6.07) is 8.41. The summed E-state index contributed by atoms with van der Waals surface area (Å²) in [5, 5.41) is 6.76. The van der Waals surface area contributed by atoms with Gasteiger partial charge in [-0.2, -0.15) is 0 Å². The first-order chi connectivity index (χ1) is 14.6. The van der Waals surface area contributed by atoms with Crippen molar-refractivity contribution in [3.63, 3.8) is 0 Å². The number of amides is 1. The predicted octanol–water partition coefficient (Wildman–Crippen LogP) is 3.60. The maximum absolute atomic E-state index is 11.8. The van der Waals surface area contributed by atoms with Crippen molar-refractivity contribution in [1.29, 1.82) is 0 Å². The van der Waals surface area contributed by atoms with Crippen LogP contribution < -0.4 is 10.6 Å². The molecule has 1 aromatic heterocycles. The first-order valence-electron chi connectivity index (χ1n) is 10.5. The molecule has 1 aliphatic heterocycles. The number of aliphatic imine (C=N–C) groups is 1. The van der Waals surface area contributed by atoms with E-state index in [0.717, 1.165) is 36.5 Å². The summed E-state index contributed by atoms with van der Waals surface area (Å²) in [4.78, 5) is 22.4. The largest absolute Gasteiger partial charge is 0.450 e. The van der Waals surface area contributed by atoms with Crippen LogP contribution in [0.25, 0.3) is 11.5 Å². The van der Waals surface area contributed by atoms with Crippen LogP contribution in [0.3, 0.4) is 0 Å². The van der Waals surface area contributed by atoms with Crippen LogP contribution in [0.15, 0.2) is 39.9 Å². The second-order valence-corrected chi connectivity index (χ2v) is 7.36. The molecular formula is C22H32IN5O3. The first-order valence-corrected chi connectivity index (χ1v) is 10.5. The van der Waals surface area contributed by atoms with Crippen LogP contribution in [0.4, 0.5) is 4.79 Å². The average molecular weight is 541 g/mol. The van der Waals surface area contributed by atoms with Gasteiger partial charge in [-0.3, -0.25) is 4.99 Å². The highest BCUT2D eigenvalue weighted by molar-refractivity contribution is 14.0. The molecule has 170 valence electrons. The number of hydrogen-bond donors (Lipinski definition) is 2. The molecule has 2 heterocycles. The van der Waals surface area contributed by atoms with E-state index in [-0.39, 0.29) is 36.1 Å². The number of aryl methyl sites for hydroxylation is 1. The van der Waals surface area contributed by atoms with Crippen molar-refractivity contribution in [2.45, 2.75) is 39.2 Å². The first kappa shape index (κ1) is 25.0. The number of rotatable bonds is 6. The van der Waals surface area contributed by atoms with Gasteiger partial charge in [0.1, 0.15) is 6.26 Å². The minimum Gasteiger partial charge on any atom is -0.450 e.